The molecule has 0 atom stereocenters. The molecule has 0 aromatic heterocycles. The predicted molar refractivity (Wildman–Crippen MR) is 99.2 cm³/mol. The van der Waals surface area contributed by atoms with Crippen LogP contribution in [0.15, 0.2) is 78.9 Å². The number of aryl methyl sites for hydroxylation is 2. The second-order valence-electron chi connectivity index (χ2n) is 5.82. The second kappa shape index (κ2) is 7.28. The van der Waals surface area contributed by atoms with Crippen molar-refractivity contribution in [1.29, 1.82) is 0 Å². The fourth-order valence-electron chi connectivity index (χ4n) is 2.42. The SMILES string of the molecule is Cc1ccc([Si](OC(=O)c2ccccc2)c2ccc(C)cc2)cc1. The molecular formula is C21H19O2Si. The van der Waals surface area contributed by atoms with E-state index in [-0.39, 0.29) is 5.97 Å². The maximum absolute atomic E-state index is 12.5. The third-order valence-corrected chi connectivity index (χ3v) is 5.94. The Balaban J connectivity index is 1.94. The number of rotatable bonds is 4. The zero-order valence-corrected chi connectivity index (χ0v) is 14.8. The van der Waals surface area contributed by atoms with Crippen molar-refractivity contribution in [2.45, 2.75) is 13.8 Å². The summed E-state index contributed by atoms with van der Waals surface area (Å²) in [5.74, 6) is -0.273. The van der Waals surface area contributed by atoms with Crippen LogP contribution in [0.4, 0.5) is 0 Å². The summed E-state index contributed by atoms with van der Waals surface area (Å²) in [6.07, 6.45) is 0. The van der Waals surface area contributed by atoms with Gasteiger partial charge in [-0.05, 0) is 36.4 Å². The fourth-order valence-corrected chi connectivity index (χ4v) is 4.23. The lowest BCUT2D eigenvalue weighted by Crippen LogP contribution is -2.46. The zero-order valence-electron chi connectivity index (χ0n) is 13.8. The minimum absolute atomic E-state index is 0.273. The van der Waals surface area contributed by atoms with E-state index in [2.05, 4.69) is 62.4 Å². The molecule has 0 fully saturated rings. The van der Waals surface area contributed by atoms with Crippen molar-refractivity contribution in [3.8, 4) is 0 Å². The first-order valence-corrected chi connectivity index (χ1v) is 9.32. The zero-order chi connectivity index (χ0) is 16.9. The van der Waals surface area contributed by atoms with E-state index in [4.69, 9.17) is 4.43 Å². The monoisotopic (exact) mass is 331 g/mol. The Hall–Kier alpha value is -2.65. The first-order chi connectivity index (χ1) is 11.6. The van der Waals surface area contributed by atoms with Gasteiger partial charge in [0.2, 0.25) is 0 Å². The van der Waals surface area contributed by atoms with Crippen LogP contribution >= 0.6 is 0 Å². The summed E-state index contributed by atoms with van der Waals surface area (Å²) in [6.45, 7) is 4.11. The molecule has 0 aliphatic carbocycles. The van der Waals surface area contributed by atoms with Crippen LogP contribution in [0.3, 0.4) is 0 Å². The van der Waals surface area contributed by atoms with Gasteiger partial charge in [-0.2, -0.15) is 0 Å². The van der Waals surface area contributed by atoms with Crippen molar-refractivity contribution in [3.63, 3.8) is 0 Å². The Kier molecular flexibility index (Phi) is 4.92. The van der Waals surface area contributed by atoms with Crippen molar-refractivity contribution in [1.82, 2.24) is 0 Å². The third kappa shape index (κ3) is 3.81. The molecule has 3 aromatic rings. The van der Waals surface area contributed by atoms with Crippen LogP contribution < -0.4 is 10.4 Å². The van der Waals surface area contributed by atoms with Crippen molar-refractivity contribution in [2.24, 2.45) is 0 Å². The molecule has 3 heteroatoms. The van der Waals surface area contributed by atoms with E-state index in [1.165, 1.54) is 11.1 Å². The highest BCUT2D eigenvalue weighted by molar-refractivity contribution is 6.81. The van der Waals surface area contributed by atoms with E-state index in [9.17, 15) is 4.79 Å². The summed E-state index contributed by atoms with van der Waals surface area (Å²) in [7, 11) is -1.63. The highest BCUT2D eigenvalue weighted by Crippen LogP contribution is 2.05. The standard InChI is InChI=1S/C21H19O2Si/c1-16-8-12-19(13-9-16)24(20-14-10-17(2)11-15-20)23-21(22)18-6-4-3-5-7-18/h3-15H,1-2H3. The van der Waals surface area contributed by atoms with E-state index < -0.39 is 9.04 Å². The molecule has 119 valence electrons. The van der Waals surface area contributed by atoms with Crippen molar-refractivity contribution in [3.05, 3.63) is 95.6 Å². The van der Waals surface area contributed by atoms with Gasteiger partial charge in [-0.25, -0.2) is 4.79 Å². The highest BCUT2D eigenvalue weighted by Gasteiger charge is 2.24. The first kappa shape index (κ1) is 16.2. The molecule has 0 saturated heterocycles. The van der Waals surface area contributed by atoms with Crippen molar-refractivity contribution >= 4 is 25.4 Å². The molecule has 3 rings (SSSR count). The molecule has 0 aliphatic rings. The summed E-state index contributed by atoms with van der Waals surface area (Å²) >= 11 is 0. The van der Waals surface area contributed by atoms with Gasteiger partial charge in [0.15, 0.2) is 0 Å². The predicted octanol–water partition coefficient (Wildman–Crippen LogP) is 3.27. The molecular weight excluding hydrogens is 312 g/mol. The number of carbonyl (C=O) groups is 1. The average Bonchev–Trinajstić information content (AvgIpc) is 2.62. The van der Waals surface area contributed by atoms with Gasteiger partial charge >= 0.3 is 15.0 Å². The molecule has 0 bridgehead atoms. The highest BCUT2D eigenvalue weighted by atomic mass is 28.3. The lowest BCUT2D eigenvalue weighted by Gasteiger charge is -2.16. The minimum Gasteiger partial charge on any atom is -0.504 e. The van der Waals surface area contributed by atoms with Gasteiger partial charge in [-0.3, -0.25) is 0 Å². The Morgan fingerprint density at radius 3 is 1.62 bits per heavy atom. The Morgan fingerprint density at radius 2 is 1.17 bits per heavy atom. The van der Waals surface area contributed by atoms with Crippen LogP contribution in [0.25, 0.3) is 0 Å². The molecule has 0 spiro atoms. The molecule has 0 amide bonds. The summed E-state index contributed by atoms with van der Waals surface area (Å²) in [4.78, 5) is 12.5. The van der Waals surface area contributed by atoms with Gasteiger partial charge in [-0.15, -0.1) is 0 Å². The Morgan fingerprint density at radius 1 is 0.708 bits per heavy atom. The van der Waals surface area contributed by atoms with Gasteiger partial charge in [-0.1, -0.05) is 77.9 Å². The van der Waals surface area contributed by atoms with Crippen LogP contribution in [0, 0.1) is 13.8 Å². The van der Waals surface area contributed by atoms with Crippen LogP contribution in [0.1, 0.15) is 21.5 Å². The molecule has 0 saturated carbocycles. The van der Waals surface area contributed by atoms with Crippen LogP contribution in [0.2, 0.25) is 0 Å². The summed E-state index contributed by atoms with van der Waals surface area (Å²) in [6, 6.07) is 25.6. The molecule has 0 aliphatic heterocycles. The molecule has 0 unspecified atom stereocenters. The Bertz CT molecular complexity index is 763. The summed E-state index contributed by atoms with van der Waals surface area (Å²) in [5, 5.41) is 2.14. The van der Waals surface area contributed by atoms with E-state index in [0.29, 0.717) is 5.56 Å². The maximum Gasteiger partial charge on any atom is 0.356 e. The lowest BCUT2D eigenvalue weighted by atomic mass is 10.2. The number of hydrogen-bond acceptors (Lipinski definition) is 2. The minimum atomic E-state index is -1.63. The molecule has 0 heterocycles. The molecule has 24 heavy (non-hydrogen) atoms. The molecule has 2 nitrogen and oxygen atoms in total. The largest absolute Gasteiger partial charge is 0.504 e. The molecule has 0 N–H and O–H groups in total. The van der Waals surface area contributed by atoms with Crippen LogP contribution in [-0.2, 0) is 4.43 Å². The van der Waals surface area contributed by atoms with Crippen LogP contribution in [0.5, 0.6) is 0 Å². The molecule has 1 radical (unpaired) electrons. The third-order valence-electron chi connectivity index (χ3n) is 3.83. The topological polar surface area (TPSA) is 26.3 Å². The summed E-state index contributed by atoms with van der Waals surface area (Å²) in [5.41, 5.74) is 2.97. The van der Waals surface area contributed by atoms with E-state index in [1.54, 1.807) is 12.1 Å². The normalized spacial score (nSPS) is 10.6. The van der Waals surface area contributed by atoms with Crippen molar-refractivity contribution < 1.29 is 9.22 Å². The van der Waals surface area contributed by atoms with E-state index >= 15 is 0 Å². The van der Waals surface area contributed by atoms with Gasteiger partial charge < -0.3 is 4.43 Å². The lowest BCUT2D eigenvalue weighted by molar-refractivity contribution is 0.0739. The van der Waals surface area contributed by atoms with Gasteiger partial charge in [0, 0.05) is 0 Å². The maximum atomic E-state index is 12.5. The molecule has 3 aromatic carbocycles. The number of hydrogen-bond donors (Lipinski definition) is 0. The quantitative estimate of drug-likeness (QED) is 0.686. The Labute approximate surface area is 144 Å². The van der Waals surface area contributed by atoms with Crippen molar-refractivity contribution in [2.75, 3.05) is 0 Å². The number of benzene rings is 3. The first-order valence-electron chi connectivity index (χ1n) is 7.92. The van der Waals surface area contributed by atoms with Gasteiger partial charge in [0.25, 0.3) is 0 Å². The average molecular weight is 331 g/mol. The smallest absolute Gasteiger partial charge is 0.356 e. The summed E-state index contributed by atoms with van der Waals surface area (Å²) < 4.78 is 5.95. The van der Waals surface area contributed by atoms with Gasteiger partial charge in [0.1, 0.15) is 0 Å². The number of carbonyl (C=O) groups excluding carboxylic acids is 1. The van der Waals surface area contributed by atoms with E-state index in [0.717, 1.165) is 10.4 Å². The second-order valence-corrected chi connectivity index (χ2v) is 7.83. The van der Waals surface area contributed by atoms with Gasteiger partial charge in [0.05, 0.1) is 5.56 Å². The van der Waals surface area contributed by atoms with Crippen LogP contribution in [-0.4, -0.2) is 15.0 Å². The van der Waals surface area contributed by atoms with E-state index in [1.807, 2.05) is 18.2 Å². The fraction of sp³-hybridized carbons (Fsp3) is 0.0952.